The van der Waals surface area contributed by atoms with E-state index in [9.17, 15) is 4.79 Å². The fourth-order valence-electron chi connectivity index (χ4n) is 3.89. The summed E-state index contributed by atoms with van der Waals surface area (Å²) in [6.07, 6.45) is 3.68. The molecule has 1 aliphatic heterocycles. The maximum Gasteiger partial charge on any atom is 0.227 e. The zero-order valence-electron chi connectivity index (χ0n) is 15.9. The molecular weight excluding hydrogens is 340 g/mol. The fraction of sp³-hybridized carbons (Fsp3) is 0.429. The van der Waals surface area contributed by atoms with Gasteiger partial charge in [-0.15, -0.1) is 0 Å². The molecule has 1 aromatic carbocycles. The van der Waals surface area contributed by atoms with Crippen LogP contribution in [0.4, 0.5) is 0 Å². The Morgan fingerprint density at radius 3 is 3.11 bits per heavy atom. The van der Waals surface area contributed by atoms with Crippen LogP contribution in [0.15, 0.2) is 41.0 Å². The van der Waals surface area contributed by atoms with Gasteiger partial charge >= 0.3 is 0 Å². The number of piperidine rings is 1. The highest BCUT2D eigenvalue weighted by molar-refractivity contribution is 5.79. The summed E-state index contributed by atoms with van der Waals surface area (Å²) in [4.78, 5) is 25.0. The van der Waals surface area contributed by atoms with Gasteiger partial charge in [0.05, 0.1) is 36.3 Å². The molecule has 3 heterocycles. The highest BCUT2D eigenvalue weighted by Crippen LogP contribution is 2.21. The van der Waals surface area contributed by atoms with Crippen LogP contribution in [-0.2, 0) is 17.9 Å². The van der Waals surface area contributed by atoms with Gasteiger partial charge in [-0.2, -0.15) is 0 Å². The molecule has 142 valence electrons. The number of benzene rings is 1. The number of nitrogens with one attached hydrogen (secondary N) is 1. The molecule has 0 radical (unpaired) electrons. The van der Waals surface area contributed by atoms with Gasteiger partial charge in [-0.3, -0.25) is 9.69 Å². The highest BCUT2D eigenvalue weighted by atomic mass is 16.3. The van der Waals surface area contributed by atoms with Gasteiger partial charge in [0.2, 0.25) is 5.91 Å². The second kappa shape index (κ2) is 7.56. The number of carbonyl (C=O) groups excluding carboxylic acids is 1. The third-order valence-electron chi connectivity index (χ3n) is 5.26. The number of aromatic nitrogens is 2. The zero-order chi connectivity index (χ0) is 18.8. The topological polar surface area (TPSA) is 65.4 Å². The molecule has 27 heavy (non-hydrogen) atoms. The Labute approximate surface area is 159 Å². The Morgan fingerprint density at radius 2 is 2.30 bits per heavy atom. The summed E-state index contributed by atoms with van der Waals surface area (Å²) in [5.74, 6) is 2.00. The molecule has 4 rings (SSSR count). The summed E-state index contributed by atoms with van der Waals surface area (Å²) >= 11 is 0. The summed E-state index contributed by atoms with van der Waals surface area (Å²) in [7, 11) is 1.87. The molecule has 0 bridgehead atoms. The third kappa shape index (κ3) is 4.06. The van der Waals surface area contributed by atoms with Crippen molar-refractivity contribution in [2.45, 2.75) is 32.9 Å². The van der Waals surface area contributed by atoms with E-state index >= 15 is 0 Å². The van der Waals surface area contributed by atoms with Gasteiger partial charge < -0.3 is 14.3 Å². The van der Waals surface area contributed by atoms with Crippen LogP contribution in [0.5, 0.6) is 0 Å². The molecule has 6 nitrogen and oxygen atoms in total. The lowest BCUT2D eigenvalue weighted by Crippen LogP contribution is -2.43. The number of likely N-dealkylation sites (tertiary alicyclic amines) is 1. The van der Waals surface area contributed by atoms with Gasteiger partial charge in [-0.05, 0) is 56.1 Å². The third-order valence-corrected chi connectivity index (χ3v) is 5.26. The van der Waals surface area contributed by atoms with Gasteiger partial charge in [0.25, 0.3) is 0 Å². The van der Waals surface area contributed by atoms with Crippen LogP contribution in [0.3, 0.4) is 0 Å². The number of furan rings is 1. The lowest BCUT2D eigenvalue weighted by molar-refractivity contribution is -0.136. The molecular formula is C21H26N4O2. The minimum atomic E-state index is 0.0327. The summed E-state index contributed by atoms with van der Waals surface area (Å²) in [6, 6.07) is 10.0. The standard InChI is InChI=1S/C21H26N4O2/c1-15-7-8-18-19(11-15)23-20(22-18)14-24(2)21(26)16-5-3-9-25(12-16)13-17-6-4-10-27-17/h4,6-8,10-11,16H,3,5,9,12-14H2,1-2H3,(H,22,23). The molecule has 1 unspecified atom stereocenters. The molecule has 0 aliphatic carbocycles. The Kier molecular flexibility index (Phi) is 4.99. The van der Waals surface area contributed by atoms with Gasteiger partial charge in [0.1, 0.15) is 11.6 Å². The summed E-state index contributed by atoms with van der Waals surface area (Å²) < 4.78 is 5.45. The van der Waals surface area contributed by atoms with E-state index in [4.69, 9.17) is 4.42 Å². The molecule has 1 N–H and O–H groups in total. The molecule has 1 amide bonds. The van der Waals surface area contributed by atoms with Crippen LogP contribution in [0.25, 0.3) is 11.0 Å². The number of carbonyl (C=O) groups is 1. The van der Waals surface area contributed by atoms with Crippen molar-refractivity contribution in [2.75, 3.05) is 20.1 Å². The quantitative estimate of drug-likeness (QED) is 0.752. The largest absolute Gasteiger partial charge is 0.468 e. The first-order chi connectivity index (χ1) is 13.1. The molecule has 1 saturated heterocycles. The molecule has 1 aliphatic rings. The lowest BCUT2D eigenvalue weighted by atomic mass is 9.96. The van der Waals surface area contributed by atoms with E-state index in [1.54, 1.807) is 11.2 Å². The minimum absolute atomic E-state index is 0.0327. The molecule has 0 spiro atoms. The number of aromatic amines is 1. The number of fused-ring (bicyclic) bond motifs is 1. The molecule has 6 heteroatoms. The van der Waals surface area contributed by atoms with Crippen molar-refractivity contribution in [2.24, 2.45) is 5.92 Å². The SMILES string of the molecule is Cc1ccc2nc(CN(C)C(=O)C3CCCN(Cc4ccco4)C3)[nH]c2c1. The Balaban J connectivity index is 1.38. The number of imidazole rings is 1. The maximum atomic E-state index is 13.0. The van der Waals surface area contributed by atoms with Gasteiger partial charge in [-0.1, -0.05) is 6.07 Å². The number of amides is 1. The number of H-pyrrole nitrogens is 1. The van der Waals surface area contributed by atoms with Crippen LogP contribution in [-0.4, -0.2) is 45.8 Å². The maximum absolute atomic E-state index is 13.0. The number of aryl methyl sites for hydroxylation is 1. The van der Waals surface area contributed by atoms with Gasteiger partial charge in [0.15, 0.2) is 0 Å². The normalized spacial score (nSPS) is 18.1. The average molecular weight is 366 g/mol. The van der Waals surface area contributed by atoms with E-state index in [1.165, 1.54) is 5.56 Å². The van der Waals surface area contributed by atoms with Crippen molar-refractivity contribution in [1.82, 2.24) is 19.8 Å². The fourth-order valence-corrected chi connectivity index (χ4v) is 3.89. The van der Waals surface area contributed by atoms with E-state index in [-0.39, 0.29) is 11.8 Å². The summed E-state index contributed by atoms with van der Waals surface area (Å²) in [5, 5.41) is 0. The first-order valence-corrected chi connectivity index (χ1v) is 9.53. The average Bonchev–Trinajstić information content (AvgIpc) is 3.30. The number of hydrogen-bond acceptors (Lipinski definition) is 4. The zero-order valence-corrected chi connectivity index (χ0v) is 15.9. The predicted molar refractivity (Wildman–Crippen MR) is 104 cm³/mol. The predicted octanol–water partition coefficient (Wildman–Crippen LogP) is 3.33. The molecule has 1 fully saturated rings. The molecule has 1 atom stereocenters. The van der Waals surface area contributed by atoms with Crippen LogP contribution in [0, 0.1) is 12.8 Å². The smallest absolute Gasteiger partial charge is 0.227 e. The molecule has 3 aromatic rings. The second-order valence-corrected chi connectivity index (χ2v) is 7.55. The monoisotopic (exact) mass is 366 g/mol. The van der Waals surface area contributed by atoms with Crippen molar-refractivity contribution in [3.05, 3.63) is 53.7 Å². The van der Waals surface area contributed by atoms with E-state index in [1.807, 2.05) is 25.2 Å². The first-order valence-electron chi connectivity index (χ1n) is 9.53. The molecule has 0 saturated carbocycles. The Bertz CT molecular complexity index is 916. The Hall–Kier alpha value is -2.60. The van der Waals surface area contributed by atoms with E-state index < -0.39 is 0 Å². The van der Waals surface area contributed by atoms with Crippen LogP contribution in [0.2, 0.25) is 0 Å². The van der Waals surface area contributed by atoms with Crippen molar-refractivity contribution in [1.29, 1.82) is 0 Å². The van der Waals surface area contributed by atoms with E-state index in [0.717, 1.165) is 55.1 Å². The summed E-state index contributed by atoms with van der Waals surface area (Å²) in [5.41, 5.74) is 3.16. The van der Waals surface area contributed by atoms with Crippen LogP contribution < -0.4 is 0 Å². The Morgan fingerprint density at radius 1 is 1.41 bits per heavy atom. The van der Waals surface area contributed by atoms with Crippen LogP contribution >= 0.6 is 0 Å². The van der Waals surface area contributed by atoms with Gasteiger partial charge in [0, 0.05) is 13.6 Å². The van der Waals surface area contributed by atoms with Crippen molar-refractivity contribution in [3.8, 4) is 0 Å². The van der Waals surface area contributed by atoms with E-state index in [2.05, 4.69) is 33.9 Å². The second-order valence-electron chi connectivity index (χ2n) is 7.55. The van der Waals surface area contributed by atoms with Crippen LogP contribution in [0.1, 0.15) is 30.0 Å². The first kappa shape index (κ1) is 17.8. The number of nitrogens with zero attached hydrogens (tertiary/aromatic N) is 3. The van der Waals surface area contributed by atoms with Crippen molar-refractivity contribution in [3.63, 3.8) is 0 Å². The summed E-state index contributed by atoms with van der Waals surface area (Å²) in [6.45, 7) is 5.12. The lowest BCUT2D eigenvalue weighted by Gasteiger charge is -2.33. The van der Waals surface area contributed by atoms with Crippen molar-refractivity contribution >= 4 is 16.9 Å². The highest BCUT2D eigenvalue weighted by Gasteiger charge is 2.28. The van der Waals surface area contributed by atoms with Crippen molar-refractivity contribution < 1.29 is 9.21 Å². The number of hydrogen-bond donors (Lipinski definition) is 1. The minimum Gasteiger partial charge on any atom is -0.468 e. The van der Waals surface area contributed by atoms with E-state index in [0.29, 0.717) is 6.54 Å². The van der Waals surface area contributed by atoms with Gasteiger partial charge in [-0.25, -0.2) is 4.98 Å². The molecule has 2 aromatic heterocycles. The number of rotatable bonds is 5.